The standard InChI is InChI=1S/C20H13Cl2N3O5/c21-13-8-14(22)10-15(9-13)24-18(26)19(27)25-23-11-12-3-5-16(6-4-12)30-20(28)17-2-1-7-29-17/h1-11H,(H,24,26)(H,25,27)/b23-11+. The first-order chi connectivity index (χ1) is 14.4. The van der Waals surface area contributed by atoms with Crippen molar-refractivity contribution in [2.75, 3.05) is 5.32 Å². The van der Waals surface area contributed by atoms with E-state index in [-0.39, 0.29) is 11.4 Å². The molecule has 0 saturated heterocycles. The lowest BCUT2D eigenvalue weighted by Gasteiger charge is -2.05. The first-order valence-corrected chi connectivity index (χ1v) is 9.12. The van der Waals surface area contributed by atoms with Gasteiger partial charge in [-0.3, -0.25) is 9.59 Å². The van der Waals surface area contributed by atoms with Gasteiger partial charge in [-0.2, -0.15) is 5.10 Å². The number of carbonyl (C=O) groups is 3. The molecule has 0 bridgehead atoms. The fraction of sp³-hybridized carbons (Fsp3) is 0. The topological polar surface area (TPSA) is 110 Å². The second-order valence-corrected chi connectivity index (χ2v) is 6.62. The van der Waals surface area contributed by atoms with Crippen LogP contribution in [0.2, 0.25) is 10.0 Å². The number of benzene rings is 2. The molecule has 1 heterocycles. The predicted octanol–water partition coefficient (Wildman–Crippen LogP) is 3.89. The molecule has 10 heteroatoms. The van der Waals surface area contributed by atoms with Gasteiger partial charge < -0.3 is 14.5 Å². The van der Waals surface area contributed by atoms with Crippen LogP contribution in [0.15, 0.2) is 70.4 Å². The van der Waals surface area contributed by atoms with E-state index < -0.39 is 17.8 Å². The number of rotatable bonds is 5. The summed E-state index contributed by atoms with van der Waals surface area (Å²) in [6.07, 6.45) is 2.69. The molecule has 0 fully saturated rings. The molecule has 2 N–H and O–H groups in total. The summed E-state index contributed by atoms with van der Waals surface area (Å²) >= 11 is 11.7. The summed E-state index contributed by atoms with van der Waals surface area (Å²) in [6.45, 7) is 0. The van der Waals surface area contributed by atoms with Gasteiger partial charge in [-0.05, 0) is 60.2 Å². The molecule has 0 aliphatic heterocycles. The Morgan fingerprint density at radius 3 is 2.30 bits per heavy atom. The number of ether oxygens (including phenoxy) is 1. The van der Waals surface area contributed by atoms with Gasteiger partial charge in [0.1, 0.15) is 5.75 Å². The van der Waals surface area contributed by atoms with Crippen molar-refractivity contribution >= 4 is 52.9 Å². The van der Waals surface area contributed by atoms with Crippen molar-refractivity contribution in [2.45, 2.75) is 0 Å². The Kier molecular flexibility index (Phi) is 6.84. The van der Waals surface area contributed by atoms with Crippen LogP contribution in [-0.2, 0) is 9.59 Å². The molecule has 0 atom stereocenters. The molecular formula is C20H13Cl2N3O5. The molecule has 152 valence electrons. The third kappa shape index (κ3) is 5.94. The van der Waals surface area contributed by atoms with Gasteiger partial charge in [0, 0.05) is 15.7 Å². The maximum absolute atomic E-state index is 11.9. The van der Waals surface area contributed by atoms with Crippen molar-refractivity contribution in [2.24, 2.45) is 5.10 Å². The normalized spacial score (nSPS) is 10.6. The summed E-state index contributed by atoms with van der Waals surface area (Å²) in [5.74, 6) is -2.16. The zero-order chi connectivity index (χ0) is 21.5. The van der Waals surface area contributed by atoms with E-state index in [0.717, 1.165) is 0 Å². The van der Waals surface area contributed by atoms with E-state index >= 15 is 0 Å². The quantitative estimate of drug-likeness (QED) is 0.203. The number of hydrogen-bond acceptors (Lipinski definition) is 6. The Morgan fingerprint density at radius 2 is 1.67 bits per heavy atom. The van der Waals surface area contributed by atoms with Gasteiger partial charge in [0.25, 0.3) is 0 Å². The van der Waals surface area contributed by atoms with Crippen LogP contribution in [0.25, 0.3) is 0 Å². The van der Waals surface area contributed by atoms with E-state index in [1.165, 1.54) is 36.7 Å². The highest BCUT2D eigenvalue weighted by Crippen LogP contribution is 2.22. The molecule has 0 radical (unpaired) electrons. The fourth-order valence-corrected chi connectivity index (χ4v) is 2.73. The average molecular weight is 446 g/mol. The summed E-state index contributed by atoms with van der Waals surface area (Å²) in [4.78, 5) is 35.5. The number of carbonyl (C=O) groups excluding carboxylic acids is 3. The van der Waals surface area contributed by atoms with Gasteiger partial charge in [0.2, 0.25) is 5.76 Å². The summed E-state index contributed by atoms with van der Waals surface area (Å²) in [5, 5.41) is 6.70. The molecule has 3 aromatic rings. The second-order valence-electron chi connectivity index (χ2n) is 5.75. The minimum atomic E-state index is -0.980. The third-order valence-electron chi connectivity index (χ3n) is 3.52. The van der Waals surface area contributed by atoms with Gasteiger partial charge in [0.15, 0.2) is 0 Å². The van der Waals surface area contributed by atoms with Gasteiger partial charge in [-0.25, -0.2) is 10.2 Å². The highest BCUT2D eigenvalue weighted by Gasteiger charge is 2.14. The van der Waals surface area contributed by atoms with E-state index in [1.807, 2.05) is 0 Å². The Balaban J connectivity index is 1.51. The fourth-order valence-electron chi connectivity index (χ4n) is 2.20. The minimum Gasteiger partial charge on any atom is -0.457 e. The zero-order valence-electron chi connectivity index (χ0n) is 15.1. The lowest BCUT2D eigenvalue weighted by Crippen LogP contribution is -2.32. The number of hydrogen-bond donors (Lipinski definition) is 2. The molecule has 0 aliphatic carbocycles. The van der Waals surface area contributed by atoms with Crippen LogP contribution in [0.4, 0.5) is 5.69 Å². The SMILES string of the molecule is O=C(N/N=C/c1ccc(OC(=O)c2ccco2)cc1)C(=O)Nc1cc(Cl)cc(Cl)c1. The Labute approximate surface area is 180 Å². The van der Waals surface area contributed by atoms with Gasteiger partial charge >= 0.3 is 17.8 Å². The first-order valence-electron chi connectivity index (χ1n) is 8.37. The van der Waals surface area contributed by atoms with Crippen molar-refractivity contribution in [3.05, 3.63) is 82.2 Å². The summed E-state index contributed by atoms with van der Waals surface area (Å²) in [5.41, 5.74) is 2.97. The molecule has 8 nitrogen and oxygen atoms in total. The van der Waals surface area contributed by atoms with Gasteiger partial charge in [0.05, 0.1) is 12.5 Å². The molecular weight excluding hydrogens is 433 g/mol. The molecule has 1 aromatic heterocycles. The van der Waals surface area contributed by atoms with E-state index in [4.69, 9.17) is 32.4 Å². The molecule has 2 aromatic carbocycles. The number of nitrogens with one attached hydrogen (secondary N) is 2. The molecule has 0 spiro atoms. The van der Waals surface area contributed by atoms with Crippen LogP contribution in [0, 0.1) is 0 Å². The van der Waals surface area contributed by atoms with Crippen LogP contribution in [0.3, 0.4) is 0 Å². The van der Waals surface area contributed by atoms with E-state index in [2.05, 4.69) is 15.8 Å². The summed E-state index contributed by atoms with van der Waals surface area (Å²) in [6, 6.07) is 13.7. The Bertz CT molecular complexity index is 1080. The Morgan fingerprint density at radius 1 is 0.967 bits per heavy atom. The third-order valence-corrected chi connectivity index (χ3v) is 3.96. The predicted molar refractivity (Wildman–Crippen MR) is 111 cm³/mol. The number of furan rings is 1. The maximum atomic E-state index is 11.9. The van der Waals surface area contributed by atoms with E-state index in [0.29, 0.717) is 21.4 Å². The van der Waals surface area contributed by atoms with Crippen molar-refractivity contribution < 1.29 is 23.5 Å². The molecule has 0 saturated carbocycles. The number of amides is 2. The van der Waals surface area contributed by atoms with Crippen LogP contribution in [0.1, 0.15) is 16.1 Å². The van der Waals surface area contributed by atoms with Crippen LogP contribution >= 0.6 is 23.2 Å². The maximum Gasteiger partial charge on any atom is 0.379 e. The largest absolute Gasteiger partial charge is 0.457 e. The van der Waals surface area contributed by atoms with Crippen LogP contribution in [0.5, 0.6) is 5.75 Å². The summed E-state index contributed by atoms with van der Waals surface area (Å²) in [7, 11) is 0. The van der Waals surface area contributed by atoms with Gasteiger partial charge in [-0.15, -0.1) is 0 Å². The number of anilines is 1. The van der Waals surface area contributed by atoms with E-state index in [1.54, 1.807) is 30.3 Å². The lowest BCUT2D eigenvalue weighted by atomic mass is 10.2. The lowest BCUT2D eigenvalue weighted by molar-refractivity contribution is -0.136. The Hall–Kier alpha value is -3.62. The number of esters is 1. The van der Waals surface area contributed by atoms with Crippen molar-refractivity contribution in [3.63, 3.8) is 0 Å². The molecule has 0 aliphatic rings. The van der Waals surface area contributed by atoms with Gasteiger partial charge in [-0.1, -0.05) is 23.2 Å². The molecule has 0 unspecified atom stereocenters. The highest BCUT2D eigenvalue weighted by molar-refractivity contribution is 6.40. The molecule has 30 heavy (non-hydrogen) atoms. The zero-order valence-corrected chi connectivity index (χ0v) is 16.6. The van der Waals surface area contributed by atoms with Crippen LogP contribution in [-0.4, -0.2) is 24.0 Å². The highest BCUT2D eigenvalue weighted by atomic mass is 35.5. The van der Waals surface area contributed by atoms with Crippen molar-refractivity contribution in [3.8, 4) is 5.75 Å². The molecule has 2 amide bonds. The van der Waals surface area contributed by atoms with Crippen LogP contribution < -0.4 is 15.5 Å². The smallest absolute Gasteiger partial charge is 0.379 e. The second kappa shape index (κ2) is 9.73. The van der Waals surface area contributed by atoms with E-state index in [9.17, 15) is 14.4 Å². The number of hydrazone groups is 1. The molecule has 3 rings (SSSR count). The average Bonchev–Trinajstić information content (AvgIpc) is 3.23. The first kappa shape index (κ1) is 21.1. The monoisotopic (exact) mass is 445 g/mol. The number of halogens is 2. The summed E-state index contributed by atoms with van der Waals surface area (Å²) < 4.78 is 10.1. The minimum absolute atomic E-state index is 0.0849. The van der Waals surface area contributed by atoms with Crippen molar-refractivity contribution in [1.29, 1.82) is 0 Å². The number of nitrogens with zero attached hydrogens (tertiary/aromatic N) is 1. The van der Waals surface area contributed by atoms with Crippen molar-refractivity contribution in [1.82, 2.24) is 5.43 Å².